The molecule has 4 nitrogen and oxygen atoms in total. The molecule has 2 aromatic rings. The molecule has 5 heteroatoms. The molecule has 2 heterocycles. The van der Waals surface area contributed by atoms with Gasteiger partial charge in [0.2, 0.25) is 0 Å². The maximum atomic E-state index is 13.1. The second-order valence-corrected chi connectivity index (χ2v) is 5.51. The summed E-state index contributed by atoms with van der Waals surface area (Å²) in [6, 6.07) is 12.8. The van der Waals surface area contributed by atoms with E-state index in [4.69, 9.17) is 5.73 Å². The van der Waals surface area contributed by atoms with Gasteiger partial charge in [-0.1, -0.05) is 18.2 Å². The molecule has 0 aliphatic carbocycles. The standard InChI is InChI=1S/C17H21FN4/c18-15-6-4-14(5-7-15)16(13-19)21-9-11-22(12-10-21)17-3-1-2-8-20-17/h1-8,16H,9-13,19H2. The summed E-state index contributed by atoms with van der Waals surface area (Å²) in [7, 11) is 0. The normalized spacial score (nSPS) is 17.5. The number of pyridine rings is 1. The van der Waals surface area contributed by atoms with Gasteiger partial charge in [-0.3, -0.25) is 4.90 Å². The highest BCUT2D eigenvalue weighted by molar-refractivity contribution is 5.38. The summed E-state index contributed by atoms with van der Waals surface area (Å²) in [5.41, 5.74) is 7.04. The van der Waals surface area contributed by atoms with Gasteiger partial charge < -0.3 is 10.6 Å². The van der Waals surface area contributed by atoms with E-state index < -0.39 is 0 Å². The van der Waals surface area contributed by atoms with Crippen molar-refractivity contribution in [3.63, 3.8) is 0 Å². The monoisotopic (exact) mass is 300 g/mol. The van der Waals surface area contributed by atoms with E-state index in [1.165, 1.54) is 12.1 Å². The topological polar surface area (TPSA) is 45.4 Å². The summed E-state index contributed by atoms with van der Waals surface area (Å²) in [5.74, 6) is 0.813. The summed E-state index contributed by atoms with van der Waals surface area (Å²) < 4.78 is 13.1. The molecule has 1 aromatic heterocycles. The van der Waals surface area contributed by atoms with Gasteiger partial charge >= 0.3 is 0 Å². The van der Waals surface area contributed by atoms with E-state index in [1.807, 2.05) is 36.5 Å². The molecule has 116 valence electrons. The van der Waals surface area contributed by atoms with Crippen LogP contribution in [0.15, 0.2) is 48.7 Å². The summed E-state index contributed by atoms with van der Waals surface area (Å²) in [4.78, 5) is 9.06. The number of nitrogens with zero attached hydrogens (tertiary/aromatic N) is 3. The molecule has 0 amide bonds. The molecule has 0 bridgehead atoms. The van der Waals surface area contributed by atoms with Crippen molar-refractivity contribution < 1.29 is 4.39 Å². The van der Waals surface area contributed by atoms with Gasteiger partial charge in [-0.25, -0.2) is 9.37 Å². The summed E-state index contributed by atoms with van der Waals surface area (Å²) >= 11 is 0. The van der Waals surface area contributed by atoms with Crippen LogP contribution in [0.1, 0.15) is 11.6 Å². The van der Waals surface area contributed by atoms with E-state index in [0.717, 1.165) is 37.6 Å². The molecule has 1 fully saturated rings. The first kappa shape index (κ1) is 14.9. The van der Waals surface area contributed by atoms with Crippen molar-refractivity contribution in [3.8, 4) is 0 Å². The Labute approximate surface area is 130 Å². The third kappa shape index (κ3) is 3.26. The van der Waals surface area contributed by atoms with E-state index in [-0.39, 0.29) is 11.9 Å². The third-order valence-electron chi connectivity index (χ3n) is 4.21. The molecule has 3 rings (SSSR count). The fraction of sp³-hybridized carbons (Fsp3) is 0.353. The van der Waals surface area contributed by atoms with E-state index >= 15 is 0 Å². The number of nitrogens with two attached hydrogens (primary N) is 1. The number of hydrogen-bond donors (Lipinski definition) is 1. The van der Waals surface area contributed by atoms with Crippen LogP contribution < -0.4 is 10.6 Å². The molecule has 1 aliphatic heterocycles. The quantitative estimate of drug-likeness (QED) is 0.938. The number of piperazine rings is 1. The van der Waals surface area contributed by atoms with Crippen LogP contribution in [0.5, 0.6) is 0 Å². The molecular formula is C17H21FN4. The van der Waals surface area contributed by atoms with Crippen molar-refractivity contribution in [2.24, 2.45) is 5.73 Å². The van der Waals surface area contributed by atoms with Crippen LogP contribution in [0.2, 0.25) is 0 Å². The maximum Gasteiger partial charge on any atom is 0.128 e. The predicted octanol–water partition coefficient (Wildman–Crippen LogP) is 2.04. The number of aromatic nitrogens is 1. The van der Waals surface area contributed by atoms with Crippen molar-refractivity contribution in [2.45, 2.75) is 6.04 Å². The van der Waals surface area contributed by atoms with Gasteiger partial charge in [-0.2, -0.15) is 0 Å². The van der Waals surface area contributed by atoms with Crippen LogP contribution in [0.25, 0.3) is 0 Å². The minimum atomic E-state index is -0.209. The first-order chi connectivity index (χ1) is 10.8. The summed E-state index contributed by atoms with van der Waals surface area (Å²) in [6.07, 6.45) is 1.82. The van der Waals surface area contributed by atoms with Gasteiger partial charge in [-0.05, 0) is 29.8 Å². The lowest BCUT2D eigenvalue weighted by Gasteiger charge is -2.39. The highest BCUT2D eigenvalue weighted by Gasteiger charge is 2.24. The van der Waals surface area contributed by atoms with Crippen LogP contribution in [-0.2, 0) is 0 Å². The first-order valence-corrected chi connectivity index (χ1v) is 7.63. The van der Waals surface area contributed by atoms with Gasteiger partial charge in [0, 0.05) is 45.0 Å². The number of anilines is 1. The lowest BCUT2D eigenvalue weighted by atomic mass is 10.0. The lowest BCUT2D eigenvalue weighted by molar-refractivity contribution is 0.190. The van der Waals surface area contributed by atoms with Crippen LogP contribution in [-0.4, -0.2) is 42.6 Å². The highest BCUT2D eigenvalue weighted by atomic mass is 19.1. The van der Waals surface area contributed by atoms with Crippen molar-refractivity contribution in [1.29, 1.82) is 0 Å². The van der Waals surface area contributed by atoms with Crippen molar-refractivity contribution in [1.82, 2.24) is 9.88 Å². The Balaban J connectivity index is 1.65. The SMILES string of the molecule is NCC(c1ccc(F)cc1)N1CCN(c2ccccn2)CC1. The molecule has 1 unspecified atom stereocenters. The zero-order valence-electron chi connectivity index (χ0n) is 12.5. The Morgan fingerprint density at radius 1 is 1.05 bits per heavy atom. The van der Waals surface area contributed by atoms with E-state index in [1.54, 1.807) is 0 Å². The fourth-order valence-corrected chi connectivity index (χ4v) is 2.98. The summed E-state index contributed by atoms with van der Waals surface area (Å²) in [6.45, 7) is 4.24. The van der Waals surface area contributed by atoms with Crippen LogP contribution in [0.4, 0.5) is 10.2 Å². The molecule has 0 spiro atoms. The fourth-order valence-electron chi connectivity index (χ4n) is 2.98. The number of rotatable bonds is 4. The minimum absolute atomic E-state index is 0.145. The van der Waals surface area contributed by atoms with Crippen molar-refractivity contribution in [3.05, 3.63) is 60.0 Å². The molecule has 0 saturated carbocycles. The first-order valence-electron chi connectivity index (χ1n) is 7.63. The van der Waals surface area contributed by atoms with E-state index in [9.17, 15) is 4.39 Å². The van der Waals surface area contributed by atoms with Gasteiger partial charge in [0.05, 0.1) is 0 Å². The average molecular weight is 300 g/mol. The molecule has 1 aliphatic rings. The Morgan fingerprint density at radius 2 is 1.77 bits per heavy atom. The largest absolute Gasteiger partial charge is 0.354 e. The average Bonchev–Trinajstić information content (AvgIpc) is 2.59. The van der Waals surface area contributed by atoms with Gasteiger partial charge in [0.1, 0.15) is 11.6 Å². The Bertz CT molecular complexity index is 579. The molecule has 0 radical (unpaired) electrons. The van der Waals surface area contributed by atoms with Gasteiger partial charge in [-0.15, -0.1) is 0 Å². The zero-order valence-corrected chi connectivity index (χ0v) is 12.5. The Kier molecular flexibility index (Phi) is 4.65. The maximum absolute atomic E-state index is 13.1. The molecular weight excluding hydrogens is 279 g/mol. The van der Waals surface area contributed by atoms with Crippen LogP contribution in [0, 0.1) is 5.82 Å². The van der Waals surface area contributed by atoms with Crippen molar-refractivity contribution >= 4 is 5.82 Å². The van der Waals surface area contributed by atoms with Gasteiger partial charge in [0.15, 0.2) is 0 Å². The smallest absolute Gasteiger partial charge is 0.128 e. The summed E-state index contributed by atoms with van der Waals surface area (Å²) in [5, 5.41) is 0. The number of benzene rings is 1. The zero-order chi connectivity index (χ0) is 15.4. The Morgan fingerprint density at radius 3 is 2.36 bits per heavy atom. The second kappa shape index (κ2) is 6.85. The number of halogens is 1. The molecule has 1 saturated heterocycles. The van der Waals surface area contributed by atoms with E-state index in [0.29, 0.717) is 6.54 Å². The van der Waals surface area contributed by atoms with E-state index in [2.05, 4.69) is 14.8 Å². The van der Waals surface area contributed by atoms with Crippen molar-refractivity contribution in [2.75, 3.05) is 37.6 Å². The molecule has 1 aromatic carbocycles. The Hall–Kier alpha value is -1.98. The van der Waals surface area contributed by atoms with Gasteiger partial charge in [0.25, 0.3) is 0 Å². The number of hydrogen-bond acceptors (Lipinski definition) is 4. The predicted molar refractivity (Wildman–Crippen MR) is 86.2 cm³/mol. The minimum Gasteiger partial charge on any atom is -0.354 e. The highest BCUT2D eigenvalue weighted by Crippen LogP contribution is 2.23. The van der Waals surface area contributed by atoms with Crippen LogP contribution in [0.3, 0.4) is 0 Å². The molecule has 22 heavy (non-hydrogen) atoms. The molecule has 2 N–H and O–H groups in total. The second-order valence-electron chi connectivity index (χ2n) is 5.51. The lowest BCUT2D eigenvalue weighted by Crippen LogP contribution is -2.49. The van der Waals surface area contributed by atoms with Crippen LogP contribution >= 0.6 is 0 Å². The third-order valence-corrected chi connectivity index (χ3v) is 4.21. The molecule has 1 atom stereocenters.